The molecule has 3 fully saturated rings. The van der Waals surface area contributed by atoms with Crippen LogP contribution in [0.15, 0.2) is 24.3 Å². The lowest BCUT2D eigenvalue weighted by molar-refractivity contribution is -0.193. The Bertz CT molecular complexity index is 899. The highest BCUT2D eigenvalue weighted by molar-refractivity contribution is 5.73. The van der Waals surface area contributed by atoms with Gasteiger partial charge in [-0.2, -0.15) is 26.3 Å². The molecule has 222 valence electrons. The van der Waals surface area contributed by atoms with Gasteiger partial charge in [0.2, 0.25) is 0 Å². The number of alkyl halides is 6. The lowest BCUT2D eigenvalue weighted by Gasteiger charge is -2.35. The number of carbonyl (C=O) groups is 2. The molecule has 0 aromatic heterocycles. The van der Waals surface area contributed by atoms with E-state index in [1.165, 1.54) is 18.5 Å². The topological polar surface area (TPSA) is 99.5 Å². The number of ether oxygens (including phenoxy) is 2. The molecule has 39 heavy (non-hydrogen) atoms. The predicted octanol–water partition coefficient (Wildman–Crippen LogP) is 3.80. The van der Waals surface area contributed by atoms with Crippen molar-refractivity contribution in [2.45, 2.75) is 44.2 Å². The molecular formula is C24H31F7N2O6. The Morgan fingerprint density at radius 3 is 1.92 bits per heavy atom. The molecule has 4 rings (SSSR count). The zero-order valence-corrected chi connectivity index (χ0v) is 20.9. The van der Waals surface area contributed by atoms with Crippen LogP contribution in [0, 0.1) is 11.2 Å². The first kappa shape index (κ1) is 32.7. The van der Waals surface area contributed by atoms with E-state index in [9.17, 15) is 30.7 Å². The summed E-state index contributed by atoms with van der Waals surface area (Å²) in [7, 11) is 0. The average molecular weight is 577 g/mol. The van der Waals surface area contributed by atoms with Crippen LogP contribution in [0.1, 0.15) is 24.8 Å². The van der Waals surface area contributed by atoms with Crippen LogP contribution in [-0.2, 0) is 25.6 Å². The maximum atomic E-state index is 13.1. The van der Waals surface area contributed by atoms with Gasteiger partial charge in [0, 0.05) is 50.8 Å². The van der Waals surface area contributed by atoms with Crippen LogP contribution in [0.2, 0.25) is 0 Å². The van der Waals surface area contributed by atoms with Crippen molar-refractivity contribution in [1.29, 1.82) is 0 Å². The van der Waals surface area contributed by atoms with E-state index in [-0.39, 0.29) is 11.2 Å². The molecule has 15 heteroatoms. The van der Waals surface area contributed by atoms with Crippen molar-refractivity contribution in [3.05, 3.63) is 35.6 Å². The third kappa shape index (κ3) is 11.3. The molecule has 3 aliphatic rings. The van der Waals surface area contributed by atoms with Gasteiger partial charge in [-0.05, 0) is 43.5 Å². The molecule has 3 aliphatic heterocycles. The van der Waals surface area contributed by atoms with Gasteiger partial charge in [0.05, 0.1) is 13.2 Å². The molecule has 0 aliphatic carbocycles. The monoisotopic (exact) mass is 576 g/mol. The van der Waals surface area contributed by atoms with E-state index in [4.69, 9.17) is 29.3 Å². The first-order chi connectivity index (χ1) is 18.1. The van der Waals surface area contributed by atoms with Crippen LogP contribution < -0.4 is 0 Å². The molecule has 1 atom stereocenters. The Morgan fingerprint density at radius 1 is 0.872 bits per heavy atom. The highest BCUT2D eigenvalue weighted by Gasteiger charge is 2.43. The zero-order valence-electron chi connectivity index (χ0n) is 20.9. The maximum Gasteiger partial charge on any atom is 0.490 e. The van der Waals surface area contributed by atoms with Crippen LogP contribution in [0.5, 0.6) is 0 Å². The standard InChI is InChI=1S/C20H29FN2O2.2C2HF3O2/c21-18-3-1-17(2-4-18)13-22-9-12-25-16-20(14-22)7-8-23(15-20)19-5-10-24-11-6-19;2*3-2(4,5)1(6)7/h1-4,19H,5-16H2;2*(H,6,7). The molecule has 0 amide bonds. The number of aliphatic carboxylic acids is 2. The van der Waals surface area contributed by atoms with E-state index in [0.29, 0.717) is 6.04 Å². The molecule has 1 aromatic rings. The fraction of sp³-hybridized carbons (Fsp3) is 0.667. The minimum atomic E-state index is -5.08. The van der Waals surface area contributed by atoms with Gasteiger partial charge in [-0.25, -0.2) is 14.0 Å². The SMILES string of the molecule is Fc1ccc(CN2CCOCC3(CCN(C4CCOCC4)C3)C2)cc1.O=C(O)C(F)(F)F.O=C(O)C(F)(F)F. The third-order valence-corrected chi connectivity index (χ3v) is 6.50. The van der Waals surface area contributed by atoms with Gasteiger partial charge in [-0.15, -0.1) is 0 Å². The highest BCUT2D eigenvalue weighted by Crippen LogP contribution is 2.36. The number of likely N-dealkylation sites (tertiary alicyclic amines) is 1. The summed E-state index contributed by atoms with van der Waals surface area (Å²) in [6.45, 7) is 8.69. The van der Waals surface area contributed by atoms with E-state index < -0.39 is 24.3 Å². The number of nitrogens with zero attached hydrogens (tertiary/aromatic N) is 2. The number of rotatable bonds is 3. The van der Waals surface area contributed by atoms with Gasteiger partial charge < -0.3 is 19.7 Å². The minimum Gasteiger partial charge on any atom is -0.475 e. The summed E-state index contributed by atoms with van der Waals surface area (Å²) < 4.78 is 88.1. The Labute approximate surface area is 220 Å². The van der Waals surface area contributed by atoms with Crippen molar-refractivity contribution >= 4 is 11.9 Å². The van der Waals surface area contributed by atoms with Crippen molar-refractivity contribution in [1.82, 2.24) is 9.80 Å². The Hall–Kier alpha value is -2.49. The van der Waals surface area contributed by atoms with Crippen molar-refractivity contribution in [2.24, 2.45) is 5.41 Å². The van der Waals surface area contributed by atoms with Crippen LogP contribution >= 0.6 is 0 Å². The Balaban J connectivity index is 0.000000317. The summed E-state index contributed by atoms with van der Waals surface area (Å²) in [4.78, 5) is 23.0. The third-order valence-electron chi connectivity index (χ3n) is 6.50. The lowest BCUT2D eigenvalue weighted by atomic mass is 9.87. The lowest BCUT2D eigenvalue weighted by Crippen LogP contribution is -2.43. The van der Waals surface area contributed by atoms with Gasteiger partial charge in [-0.1, -0.05) is 12.1 Å². The Kier molecular flexibility index (Phi) is 11.9. The smallest absolute Gasteiger partial charge is 0.475 e. The molecular weight excluding hydrogens is 545 g/mol. The fourth-order valence-electron chi connectivity index (χ4n) is 4.64. The first-order valence-corrected chi connectivity index (χ1v) is 12.1. The summed E-state index contributed by atoms with van der Waals surface area (Å²) in [5.41, 5.74) is 1.42. The van der Waals surface area contributed by atoms with Crippen molar-refractivity contribution in [3.8, 4) is 0 Å². The molecule has 1 spiro atoms. The molecule has 0 bridgehead atoms. The van der Waals surface area contributed by atoms with Crippen LogP contribution in [0.25, 0.3) is 0 Å². The van der Waals surface area contributed by atoms with Gasteiger partial charge in [0.25, 0.3) is 0 Å². The van der Waals surface area contributed by atoms with Crippen LogP contribution in [0.4, 0.5) is 30.7 Å². The summed E-state index contributed by atoms with van der Waals surface area (Å²) in [5, 5.41) is 14.2. The average Bonchev–Trinajstić information content (AvgIpc) is 3.16. The molecule has 1 aromatic carbocycles. The van der Waals surface area contributed by atoms with E-state index in [2.05, 4.69) is 9.80 Å². The second kappa shape index (κ2) is 14.2. The summed E-state index contributed by atoms with van der Waals surface area (Å²) in [6.07, 6.45) is -6.63. The zero-order chi connectivity index (χ0) is 29.3. The van der Waals surface area contributed by atoms with Gasteiger partial charge in [0.1, 0.15) is 5.82 Å². The quantitative estimate of drug-likeness (QED) is 0.525. The number of hydrogen-bond donors (Lipinski definition) is 2. The van der Waals surface area contributed by atoms with Gasteiger partial charge in [0.15, 0.2) is 0 Å². The molecule has 0 radical (unpaired) electrons. The maximum absolute atomic E-state index is 13.1. The minimum absolute atomic E-state index is 0.165. The van der Waals surface area contributed by atoms with Crippen molar-refractivity contribution < 1.29 is 60.0 Å². The normalized spacial score (nSPS) is 23.3. The molecule has 3 heterocycles. The summed E-state index contributed by atoms with van der Waals surface area (Å²) >= 11 is 0. The second-order valence-corrected chi connectivity index (χ2v) is 9.56. The largest absolute Gasteiger partial charge is 0.490 e. The van der Waals surface area contributed by atoms with Crippen LogP contribution in [-0.4, -0.2) is 103 Å². The van der Waals surface area contributed by atoms with E-state index in [1.54, 1.807) is 12.1 Å². The first-order valence-electron chi connectivity index (χ1n) is 12.1. The highest BCUT2D eigenvalue weighted by atomic mass is 19.4. The molecule has 0 saturated carbocycles. The van der Waals surface area contributed by atoms with Crippen LogP contribution in [0.3, 0.4) is 0 Å². The predicted molar refractivity (Wildman–Crippen MR) is 122 cm³/mol. The molecule has 3 saturated heterocycles. The fourth-order valence-corrected chi connectivity index (χ4v) is 4.64. The number of carboxylic acids is 2. The second-order valence-electron chi connectivity index (χ2n) is 9.56. The van der Waals surface area contributed by atoms with E-state index in [0.717, 1.165) is 65.4 Å². The van der Waals surface area contributed by atoms with Crippen molar-refractivity contribution in [2.75, 3.05) is 52.6 Å². The van der Waals surface area contributed by atoms with E-state index >= 15 is 0 Å². The molecule has 8 nitrogen and oxygen atoms in total. The molecule has 2 N–H and O–H groups in total. The number of hydrogen-bond acceptors (Lipinski definition) is 6. The number of benzene rings is 1. The molecule has 1 unspecified atom stereocenters. The number of halogens is 7. The summed E-state index contributed by atoms with van der Waals surface area (Å²) in [6, 6.07) is 7.60. The van der Waals surface area contributed by atoms with Gasteiger partial charge >= 0.3 is 24.3 Å². The number of carboxylic acid groups (broad SMARTS) is 2. The van der Waals surface area contributed by atoms with Gasteiger partial charge in [-0.3, -0.25) is 9.80 Å². The Morgan fingerprint density at radius 2 is 1.41 bits per heavy atom. The van der Waals surface area contributed by atoms with E-state index in [1.807, 2.05) is 12.1 Å². The summed E-state index contributed by atoms with van der Waals surface area (Å²) in [5.74, 6) is -5.68. The van der Waals surface area contributed by atoms with Crippen molar-refractivity contribution in [3.63, 3.8) is 0 Å².